The second kappa shape index (κ2) is 13.2. The molecular weight excluding hydrogens is 512 g/mol. The van der Waals surface area contributed by atoms with Gasteiger partial charge in [-0.3, -0.25) is 4.79 Å². The van der Waals surface area contributed by atoms with E-state index in [1.807, 2.05) is 6.92 Å². The number of hydrogen-bond donors (Lipinski definition) is 1. The number of aliphatic hydroxyl groups excluding tert-OH is 1. The molecule has 2 saturated carbocycles. The largest absolute Gasteiger partial charge is 0.491 e. The fourth-order valence-corrected chi connectivity index (χ4v) is 6.25. The lowest BCUT2D eigenvalue weighted by molar-refractivity contribution is -0.140. The molecule has 8 heteroatoms. The number of carbonyl (C=O) groups excluding carboxylic acids is 1. The van der Waals surface area contributed by atoms with Gasteiger partial charge in [-0.2, -0.15) is 8.78 Å². The fourth-order valence-electron chi connectivity index (χ4n) is 6.25. The summed E-state index contributed by atoms with van der Waals surface area (Å²) < 4.78 is 69.2. The summed E-state index contributed by atoms with van der Waals surface area (Å²) in [6.07, 6.45) is 5.78. The van der Waals surface area contributed by atoms with Crippen LogP contribution in [0.4, 0.5) is 17.6 Å². The minimum Gasteiger partial charge on any atom is -0.491 e. The van der Waals surface area contributed by atoms with Crippen LogP contribution in [0.25, 0.3) is 0 Å². The van der Waals surface area contributed by atoms with Crippen LogP contribution >= 0.6 is 0 Å². The summed E-state index contributed by atoms with van der Waals surface area (Å²) in [6.45, 7) is 3.94. The molecule has 2 fully saturated rings. The number of ether oxygens (including phenoxy) is 2. The molecule has 0 bridgehead atoms. The molecule has 1 atom stereocenters. The van der Waals surface area contributed by atoms with E-state index < -0.39 is 40.9 Å². The Balaban J connectivity index is 1.34. The highest BCUT2D eigenvalue weighted by molar-refractivity contribution is 5.75. The van der Waals surface area contributed by atoms with Crippen molar-refractivity contribution in [2.75, 3.05) is 6.61 Å². The zero-order valence-corrected chi connectivity index (χ0v) is 22.7. The van der Waals surface area contributed by atoms with Crippen LogP contribution in [0.15, 0.2) is 24.3 Å². The molecule has 0 amide bonds. The summed E-state index contributed by atoms with van der Waals surface area (Å²) in [5.41, 5.74) is 0.529. The van der Waals surface area contributed by atoms with Gasteiger partial charge in [-0.05, 0) is 106 Å². The van der Waals surface area contributed by atoms with Crippen molar-refractivity contribution >= 4 is 5.97 Å². The summed E-state index contributed by atoms with van der Waals surface area (Å²) >= 11 is 0. The lowest BCUT2D eigenvalue weighted by atomic mass is 9.76. The third-order valence-electron chi connectivity index (χ3n) is 8.50. The monoisotopic (exact) mass is 550 g/mol. The number of hydrogen-bond acceptors (Lipinski definition) is 4. The van der Waals surface area contributed by atoms with Gasteiger partial charge in [0.05, 0.1) is 18.6 Å². The molecule has 0 spiro atoms. The highest BCUT2D eigenvalue weighted by Crippen LogP contribution is 2.41. The Morgan fingerprint density at radius 2 is 1.31 bits per heavy atom. The van der Waals surface area contributed by atoms with Crippen LogP contribution in [-0.4, -0.2) is 23.8 Å². The molecule has 1 unspecified atom stereocenters. The van der Waals surface area contributed by atoms with Gasteiger partial charge in [0.25, 0.3) is 0 Å². The molecule has 2 aromatic carbocycles. The third-order valence-corrected chi connectivity index (χ3v) is 8.50. The average molecular weight is 551 g/mol. The lowest BCUT2D eigenvalue weighted by Gasteiger charge is -2.32. The number of benzene rings is 2. The van der Waals surface area contributed by atoms with Crippen LogP contribution in [0, 0.1) is 35.1 Å². The highest BCUT2D eigenvalue weighted by atomic mass is 19.2. The molecule has 2 aliphatic carbocycles. The van der Waals surface area contributed by atoms with Crippen molar-refractivity contribution in [1.82, 2.24) is 0 Å². The van der Waals surface area contributed by atoms with Crippen LogP contribution < -0.4 is 9.47 Å². The summed E-state index contributed by atoms with van der Waals surface area (Å²) in [6, 6.07) is 5.74. The van der Waals surface area contributed by atoms with Gasteiger partial charge in [-0.15, -0.1) is 0 Å². The highest BCUT2D eigenvalue weighted by Gasteiger charge is 2.33. The van der Waals surface area contributed by atoms with Crippen molar-refractivity contribution in [3.05, 3.63) is 58.7 Å². The molecule has 4 nitrogen and oxygen atoms in total. The second-order valence-corrected chi connectivity index (χ2v) is 10.9. The number of halogens is 4. The third kappa shape index (κ3) is 6.59. The maximum Gasteiger partial charge on any atom is 0.314 e. The Hall–Kier alpha value is -2.61. The Bertz CT molecular complexity index is 1140. The van der Waals surface area contributed by atoms with Gasteiger partial charge in [0.2, 0.25) is 11.6 Å². The number of aliphatic hydroxyl groups is 1. The quantitative estimate of drug-likeness (QED) is 0.196. The van der Waals surface area contributed by atoms with Gasteiger partial charge in [0, 0.05) is 0 Å². The van der Waals surface area contributed by atoms with Crippen molar-refractivity contribution in [3.63, 3.8) is 0 Å². The Kier molecular flexibility index (Phi) is 9.91. The van der Waals surface area contributed by atoms with Gasteiger partial charge in [-0.1, -0.05) is 25.5 Å². The first kappa shape index (κ1) is 29.4. The first-order chi connectivity index (χ1) is 18.7. The van der Waals surface area contributed by atoms with Gasteiger partial charge in [0.15, 0.2) is 23.1 Å². The summed E-state index contributed by atoms with van der Waals surface area (Å²) in [7, 11) is 0. The molecule has 1 N–H and O–H groups in total. The van der Waals surface area contributed by atoms with Crippen molar-refractivity contribution in [1.29, 1.82) is 0 Å². The molecule has 0 radical (unpaired) electrons. The minimum atomic E-state index is -1.17. The minimum absolute atomic E-state index is 0.130. The second-order valence-electron chi connectivity index (χ2n) is 10.9. The molecule has 2 aliphatic rings. The molecule has 2 aromatic rings. The number of carbonyl (C=O) groups is 1. The van der Waals surface area contributed by atoms with E-state index in [1.165, 1.54) is 24.3 Å². The van der Waals surface area contributed by atoms with Crippen LogP contribution in [0.3, 0.4) is 0 Å². The summed E-state index contributed by atoms with van der Waals surface area (Å²) in [5, 5.41) is 10.3. The van der Waals surface area contributed by atoms with Gasteiger partial charge in [-0.25, -0.2) is 8.78 Å². The average Bonchev–Trinajstić information content (AvgIpc) is 2.94. The molecule has 0 aliphatic heterocycles. The SMILES string of the molecule is CCCC(O)C1CCC(c2ccc(OC(=O)C3CCC(c4ccc(OCC)c(F)c4F)CC3)c(F)c2F)CC1. The molecule has 0 aromatic heterocycles. The Labute approximate surface area is 227 Å². The van der Waals surface area contributed by atoms with Crippen LogP contribution in [0.1, 0.15) is 101 Å². The van der Waals surface area contributed by atoms with Crippen molar-refractivity contribution in [2.45, 2.75) is 96.0 Å². The maximum absolute atomic E-state index is 15.0. The van der Waals surface area contributed by atoms with E-state index in [4.69, 9.17) is 9.47 Å². The van der Waals surface area contributed by atoms with E-state index in [1.54, 1.807) is 6.92 Å². The predicted molar refractivity (Wildman–Crippen MR) is 140 cm³/mol. The Morgan fingerprint density at radius 3 is 1.85 bits per heavy atom. The molecule has 39 heavy (non-hydrogen) atoms. The number of esters is 1. The van der Waals surface area contributed by atoms with E-state index in [0.717, 1.165) is 25.7 Å². The van der Waals surface area contributed by atoms with Gasteiger partial charge in [0.1, 0.15) is 0 Å². The van der Waals surface area contributed by atoms with E-state index >= 15 is 4.39 Å². The van der Waals surface area contributed by atoms with Gasteiger partial charge >= 0.3 is 5.97 Å². The molecule has 4 rings (SSSR count). The van der Waals surface area contributed by atoms with Crippen molar-refractivity contribution < 1.29 is 36.9 Å². The zero-order chi connectivity index (χ0) is 28.1. The first-order valence-corrected chi connectivity index (χ1v) is 14.2. The lowest BCUT2D eigenvalue weighted by Crippen LogP contribution is -2.26. The topological polar surface area (TPSA) is 55.8 Å². The van der Waals surface area contributed by atoms with Crippen LogP contribution in [0.2, 0.25) is 0 Å². The molecule has 214 valence electrons. The smallest absolute Gasteiger partial charge is 0.314 e. The molecular formula is C31H38F4O4. The summed E-state index contributed by atoms with van der Waals surface area (Å²) in [5.74, 6) is -6.08. The van der Waals surface area contributed by atoms with Crippen LogP contribution in [0.5, 0.6) is 11.5 Å². The van der Waals surface area contributed by atoms with E-state index in [-0.39, 0.29) is 47.3 Å². The molecule has 0 saturated heterocycles. The first-order valence-electron chi connectivity index (χ1n) is 14.2. The van der Waals surface area contributed by atoms with Crippen LogP contribution in [-0.2, 0) is 4.79 Å². The zero-order valence-electron chi connectivity index (χ0n) is 22.7. The number of rotatable bonds is 9. The van der Waals surface area contributed by atoms with Gasteiger partial charge < -0.3 is 14.6 Å². The normalized spacial score (nSPS) is 24.3. The fraction of sp³-hybridized carbons (Fsp3) is 0.581. The Morgan fingerprint density at radius 1 is 0.795 bits per heavy atom. The standard InChI is InChI=1S/C31H38F4O4/c1-3-5-24(36)20-10-6-18(7-11-20)23-15-17-26(30(35)28(23)33)39-31(37)21-12-8-19(9-13-21)22-14-16-25(38-4-2)29(34)27(22)32/h14-21,24,36H,3-13H2,1-2H3. The predicted octanol–water partition coefficient (Wildman–Crippen LogP) is 7.96. The van der Waals surface area contributed by atoms with E-state index in [9.17, 15) is 23.1 Å². The van der Waals surface area contributed by atoms with Crippen molar-refractivity contribution in [3.8, 4) is 11.5 Å². The molecule has 0 heterocycles. The van der Waals surface area contributed by atoms with E-state index in [0.29, 0.717) is 38.5 Å². The summed E-state index contributed by atoms with van der Waals surface area (Å²) in [4.78, 5) is 12.8. The maximum atomic E-state index is 15.0. The van der Waals surface area contributed by atoms with E-state index in [2.05, 4.69) is 0 Å². The van der Waals surface area contributed by atoms with Crippen molar-refractivity contribution in [2.24, 2.45) is 11.8 Å².